The maximum absolute atomic E-state index is 13.7. The lowest BCUT2D eigenvalue weighted by atomic mass is 9.79. The van der Waals surface area contributed by atoms with E-state index in [1.165, 1.54) is 6.07 Å². The van der Waals surface area contributed by atoms with E-state index in [0.29, 0.717) is 18.5 Å². The maximum atomic E-state index is 13.7. The summed E-state index contributed by atoms with van der Waals surface area (Å²) in [6.07, 6.45) is 3.26. The number of nitrogens with one attached hydrogen (secondary N) is 1. The van der Waals surface area contributed by atoms with Crippen molar-refractivity contribution in [2.75, 3.05) is 13.2 Å². The number of carbonyl (C=O) groups excluding carboxylic acids is 1. The zero-order chi connectivity index (χ0) is 16.2. The van der Waals surface area contributed by atoms with Gasteiger partial charge in [0, 0.05) is 19.1 Å². The zero-order valence-electron chi connectivity index (χ0n) is 13.4. The van der Waals surface area contributed by atoms with E-state index in [0.717, 1.165) is 19.3 Å². The molecule has 1 fully saturated rings. The van der Waals surface area contributed by atoms with E-state index in [-0.39, 0.29) is 35.6 Å². The third-order valence-corrected chi connectivity index (χ3v) is 5.21. The van der Waals surface area contributed by atoms with Crippen molar-refractivity contribution in [1.82, 2.24) is 5.32 Å². The Morgan fingerprint density at radius 3 is 2.64 bits per heavy atom. The Morgan fingerprint density at radius 2 is 2.05 bits per heavy atom. The van der Waals surface area contributed by atoms with Gasteiger partial charge in [0.05, 0.1) is 0 Å². The molecular weight excluding hydrogens is 281 g/mol. The Kier molecular flexibility index (Phi) is 5.57. The first-order valence-electron chi connectivity index (χ1n) is 8.20. The SMILES string of the molecule is CCC(CC)(CCO)CNC(=O)C1CC1c1ccccc1F. The number of aliphatic hydroxyl groups excluding tert-OH is 1. The lowest BCUT2D eigenvalue weighted by Crippen LogP contribution is -2.38. The number of hydrogen-bond acceptors (Lipinski definition) is 2. The summed E-state index contributed by atoms with van der Waals surface area (Å²) in [7, 11) is 0. The Balaban J connectivity index is 1.91. The van der Waals surface area contributed by atoms with Gasteiger partial charge in [0.15, 0.2) is 0 Å². The molecule has 2 rings (SSSR count). The van der Waals surface area contributed by atoms with Crippen LogP contribution in [0.1, 0.15) is 51.0 Å². The van der Waals surface area contributed by atoms with Crippen LogP contribution in [-0.2, 0) is 4.79 Å². The summed E-state index contributed by atoms with van der Waals surface area (Å²) in [4.78, 5) is 12.3. The summed E-state index contributed by atoms with van der Waals surface area (Å²) >= 11 is 0. The molecule has 0 radical (unpaired) electrons. The Hall–Kier alpha value is -1.42. The van der Waals surface area contributed by atoms with E-state index >= 15 is 0 Å². The monoisotopic (exact) mass is 307 g/mol. The van der Waals surface area contributed by atoms with Crippen LogP contribution in [0.3, 0.4) is 0 Å². The van der Waals surface area contributed by atoms with Crippen LogP contribution in [0.4, 0.5) is 4.39 Å². The minimum Gasteiger partial charge on any atom is -0.396 e. The molecular formula is C18H26FNO2. The van der Waals surface area contributed by atoms with Gasteiger partial charge in [-0.15, -0.1) is 0 Å². The van der Waals surface area contributed by atoms with Gasteiger partial charge in [-0.05, 0) is 48.6 Å². The van der Waals surface area contributed by atoms with Crippen molar-refractivity contribution in [3.8, 4) is 0 Å². The van der Waals surface area contributed by atoms with Crippen LogP contribution in [0.2, 0.25) is 0 Å². The number of amides is 1. The predicted octanol–water partition coefficient (Wildman–Crippen LogP) is 3.23. The molecule has 1 aromatic carbocycles. The van der Waals surface area contributed by atoms with Gasteiger partial charge < -0.3 is 10.4 Å². The highest BCUT2D eigenvalue weighted by Gasteiger charge is 2.45. The van der Waals surface area contributed by atoms with E-state index in [2.05, 4.69) is 19.2 Å². The van der Waals surface area contributed by atoms with Crippen LogP contribution < -0.4 is 5.32 Å². The van der Waals surface area contributed by atoms with E-state index in [1.807, 2.05) is 6.07 Å². The molecule has 1 amide bonds. The summed E-state index contributed by atoms with van der Waals surface area (Å²) < 4.78 is 13.7. The molecule has 3 nitrogen and oxygen atoms in total. The van der Waals surface area contributed by atoms with Gasteiger partial charge in [-0.25, -0.2) is 4.39 Å². The summed E-state index contributed by atoms with van der Waals surface area (Å²) in [5, 5.41) is 12.2. The molecule has 0 spiro atoms. The second-order valence-corrected chi connectivity index (χ2v) is 6.37. The normalized spacial score (nSPS) is 20.7. The molecule has 1 aromatic rings. The number of benzene rings is 1. The smallest absolute Gasteiger partial charge is 0.223 e. The van der Waals surface area contributed by atoms with Crippen LogP contribution in [0.25, 0.3) is 0 Å². The number of carbonyl (C=O) groups is 1. The zero-order valence-corrected chi connectivity index (χ0v) is 13.4. The van der Waals surface area contributed by atoms with Crippen molar-refractivity contribution in [2.24, 2.45) is 11.3 Å². The minimum absolute atomic E-state index is 0.0108. The van der Waals surface area contributed by atoms with Gasteiger partial charge in [0.2, 0.25) is 5.91 Å². The molecule has 0 saturated heterocycles. The predicted molar refractivity (Wildman–Crippen MR) is 85.0 cm³/mol. The highest BCUT2D eigenvalue weighted by Crippen LogP contribution is 2.48. The first-order valence-corrected chi connectivity index (χ1v) is 8.20. The highest BCUT2D eigenvalue weighted by atomic mass is 19.1. The van der Waals surface area contributed by atoms with E-state index in [1.54, 1.807) is 12.1 Å². The second kappa shape index (κ2) is 7.23. The summed E-state index contributed by atoms with van der Waals surface area (Å²) in [6, 6.07) is 6.69. The fraction of sp³-hybridized carbons (Fsp3) is 0.611. The van der Waals surface area contributed by atoms with Crippen molar-refractivity contribution < 1.29 is 14.3 Å². The summed E-state index contributed by atoms with van der Waals surface area (Å²) in [5.74, 6) is -0.314. The molecule has 4 heteroatoms. The third kappa shape index (κ3) is 3.67. The van der Waals surface area contributed by atoms with Gasteiger partial charge >= 0.3 is 0 Å². The molecule has 122 valence electrons. The van der Waals surface area contributed by atoms with Crippen molar-refractivity contribution in [3.63, 3.8) is 0 Å². The Labute approximate surface area is 131 Å². The molecule has 2 unspecified atom stereocenters. The van der Waals surface area contributed by atoms with Gasteiger partial charge in [-0.1, -0.05) is 32.0 Å². The van der Waals surface area contributed by atoms with Crippen molar-refractivity contribution in [3.05, 3.63) is 35.6 Å². The summed E-state index contributed by atoms with van der Waals surface area (Å²) in [5.41, 5.74) is 0.613. The first-order chi connectivity index (χ1) is 10.6. The minimum atomic E-state index is -0.223. The molecule has 2 N–H and O–H groups in total. The van der Waals surface area contributed by atoms with Crippen LogP contribution >= 0.6 is 0 Å². The van der Waals surface area contributed by atoms with Crippen molar-refractivity contribution in [1.29, 1.82) is 0 Å². The van der Waals surface area contributed by atoms with Crippen molar-refractivity contribution in [2.45, 2.75) is 45.4 Å². The van der Waals surface area contributed by atoms with Crippen LogP contribution in [0.15, 0.2) is 24.3 Å². The molecule has 1 aliphatic carbocycles. The average Bonchev–Trinajstić information content (AvgIpc) is 3.32. The third-order valence-electron chi connectivity index (χ3n) is 5.21. The molecule has 1 aliphatic rings. The van der Waals surface area contributed by atoms with E-state index < -0.39 is 0 Å². The van der Waals surface area contributed by atoms with Gasteiger partial charge in [0.25, 0.3) is 0 Å². The van der Waals surface area contributed by atoms with Gasteiger partial charge in [0.1, 0.15) is 5.82 Å². The Bertz CT molecular complexity index is 514. The summed E-state index contributed by atoms with van der Waals surface area (Å²) in [6.45, 7) is 4.90. The highest BCUT2D eigenvalue weighted by molar-refractivity contribution is 5.82. The van der Waals surface area contributed by atoms with Crippen LogP contribution in [-0.4, -0.2) is 24.2 Å². The number of aliphatic hydroxyl groups is 1. The van der Waals surface area contributed by atoms with Gasteiger partial charge in [-0.3, -0.25) is 4.79 Å². The molecule has 22 heavy (non-hydrogen) atoms. The van der Waals surface area contributed by atoms with Gasteiger partial charge in [-0.2, -0.15) is 0 Å². The molecule has 0 aliphatic heterocycles. The fourth-order valence-corrected chi connectivity index (χ4v) is 3.19. The van der Waals surface area contributed by atoms with Crippen molar-refractivity contribution >= 4 is 5.91 Å². The standard InChI is InChI=1S/C18H26FNO2/c1-3-18(4-2,9-10-21)12-20-17(22)15-11-14(15)13-7-5-6-8-16(13)19/h5-8,14-15,21H,3-4,9-12H2,1-2H3,(H,20,22). The topological polar surface area (TPSA) is 49.3 Å². The lowest BCUT2D eigenvalue weighted by molar-refractivity contribution is -0.123. The second-order valence-electron chi connectivity index (χ2n) is 6.37. The molecule has 0 aromatic heterocycles. The Morgan fingerprint density at radius 1 is 1.36 bits per heavy atom. The largest absolute Gasteiger partial charge is 0.396 e. The molecule has 2 atom stereocenters. The molecule has 0 bridgehead atoms. The first kappa shape index (κ1) is 16.9. The maximum Gasteiger partial charge on any atom is 0.223 e. The fourth-order valence-electron chi connectivity index (χ4n) is 3.19. The van der Waals surface area contributed by atoms with Crippen LogP contribution in [0.5, 0.6) is 0 Å². The number of rotatable bonds is 8. The van der Waals surface area contributed by atoms with E-state index in [9.17, 15) is 14.3 Å². The average molecular weight is 307 g/mol. The lowest BCUT2D eigenvalue weighted by Gasteiger charge is -2.31. The number of hydrogen-bond donors (Lipinski definition) is 2. The molecule has 1 saturated carbocycles. The van der Waals surface area contributed by atoms with Crippen LogP contribution in [0, 0.1) is 17.2 Å². The molecule has 0 heterocycles. The van der Waals surface area contributed by atoms with E-state index in [4.69, 9.17) is 0 Å². The quantitative estimate of drug-likeness (QED) is 0.774. The number of halogens is 1.